The van der Waals surface area contributed by atoms with Gasteiger partial charge in [0.15, 0.2) is 0 Å². The first-order valence-corrected chi connectivity index (χ1v) is 10.6. The molecule has 0 saturated heterocycles. The highest BCUT2D eigenvalue weighted by Gasteiger charge is 2.09. The van der Waals surface area contributed by atoms with E-state index in [-0.39, 0.29) is 18.2 Å². The van der Waals surface area contributed by atoms with Crippen molar-refractivity contribution in [2.45, 2.75) is 12.8 Å². The number of hydrogen-bond donors (Lipinski definition) is 2. The van der Waals surface area contributed by atoms with Gasteiger partial charge >= 0.3 is 0 Å². The molecule has 0 aromatic heterocycles. The Bertz CT molecular complexity index is 1090. The van der Waals surface area contributed by atoms with Crippen LogP contribution < -0.4 is 15.4 Å². The minimum absolute atomic E-state index is 0.182. The molecule has 2 amide bonds. The van der Waals surface area contributed by atoms with Gasteiger partial charge in [-0.25, -0.2) is 0 Å². The molecule has 0 fully saturated rings. The Kier molecular flexibility index (Phi) is 8.18. The number of ether oxygens (including phenoxy) is 1. The molecule has 0 heterocycles. The Hall–Kier alpha value is -2.73. The zero-order chi connectivity index (χ0) is 22.2. The lowest BCUT2D eigenvalue weighted by molar-refractivity contribution is -0.116. The smallest absolute Gasteiger partial charge is 0.255 e. The van der Waals surface area contributed by atoms with Gasteiger partial charge in [0, 0.05) is 33.4 Å². The molecule has 0 bridgehead atoms. The molecule has 2 N–H and O–H groups in total. The summed E-state index contributed by atoms with van der Waals surface area (Å²) in [6.07, 6.45) is 0.754. The number of carbonyl (C=O) groups excluding carboxylic acids is 2. The Morgan fingerprint density at radius 3 is 2.26 bits per heavy atom. The van der Waals surface area contributed by atoms with Crippen molar-refractivity contribution in [3.63, 3.8) is 0 Å². The van der Waals surface area contributed by atoms with Crippen LogP contribution in [0, 0.1) is 0 Å². The molecule has 0 radical (unpaired) electrons. The summed E-state index contributed by atoms with van der Waals surface area (Å²) < 4.78 is 5.58. The van der Waals surface area contributed by atoms with E-state index < -0.39 is 0 Å². The zero-order valence-electron chi connectivity index (χ0n) is 16.3. The Morgan fingerprint density at radius 2 is 1.52 bits per heavy atom. The van der Waals surface area contributed by atoms with Gasteiger partial charge in [0.2, 0.25) is 5.91 Å². The summed E-state index contributed by atoms with van der Waals surface area (Å²) in [5.41, 5.74) is 1.54. The van der Waals surface area contributed by atoms with Gasteiger partial charge < -0.3 is 15.4 Å². The Morgan fingerprint density at radius 1 is 0.806 bits per heavy atom. The minimum Gasteiger partial charge on any atom is -0.492 e. The average molecular weight is 478 g/mol. The van der Waals surface area contributed by atoms with Crippen LogP contribution in [-0.4, -0.2) is 18.4 Å². The van der Waals surface area contributed by atoms with Gasteiger partial charge in [-0.1, -0.05) is 46.9 Å². The molecule has 0 unspecified atom stereocenters. The maximum Gasteiger partial charge on any atom is 0.255 e. The number of hydrogen-bond acceptors (Lipinski definition) is 3. The molecular weight excluding hydrogens is 459 g/mol. The molecule has 0 spiro atoms. The van der Waals surface area contributed by atoms with Gasteiger partial charge in [-0.3, -0.25) is 9.59 Å². The lowest BCUT2D eigenvalue weighted by Gasteiger charge is -2.10. The van der Waals surface area contributed by atoms with Crippen LogP contribution in [0.2, 0.25) is 15.1 Å². The van der Waals surface area contributed by atoms with Gasteiger partial charge in [0.05, 0.1) is 11.6 Å². The average Bonchev–Trinajstić information content (AvgIpc) is 2.72. The largest absolute Gasteiger partial charge is 0.492 e. The number of carbonyl (C=O) groups is 2. The molecule has 0 aliphatic heterocycles. The van der Waals surface area contributed by atoms with E-state index in [0.29, 0.717) is 50.8 Å². The van der Waals surface area contributed by atoms with Gasteiger partial charge in [-0.05, 0) is 61.0 Å². The molecule has 0 atom stereocenters. The number of amides is 2. The molecular formula is C23H19Cl3N2O3. The fourth-order valence-corrected chi connectivity index (χ4v) is 3.39. The van der Waals surface area contributed by atoms with Crippen LogP contribution in [0.4, 0.5) is 11.4 Å². The molecule has 0 aliphatic carbocycles. The summed E-state index contributed by atoms with van der Waals surface area (Å²) in [4.78, 5) is 24.7. The molecule has 160 valence electrons. The molecule has 3 rings (SSSR count). The second kappa shape index (κ2) is 11.0. The van der Waals surface area contributed by atoms with Crippen molar-refractivity contribution in [3.8, 4) is 5.75 Å². The summed E-state index contributed by atoms with van der Waals surface area (Å²) in [6, 6.07) is 18.5. The predicted octanol–water partition coefficient (Wildman–Crippen LogP) is 6.70. The molecule has 0 saturated carbocycles. The van der Waals surface area contributed by atoms with E-state index >= 15 is 0 Å². The van der Waals surface area contributed by atoms with Crippen LogP contribution in [0.5, 0.6) is 5.75 Å². The highest BCUT2D eigenvalue weighted by Crippen LogP contribution is 2.27. The number of halogens is 3. The van der Waals surface area contributed by atoms with Gasteiger partial charge in [-0.2, -0.15) is 0 Å². The first kappa shape index (κ1) is 22.9. The Labute approximate surface area is 195 Å². The standard InChI is InChI=1S/C23H19Cl3N2O3/c24-16-5-2-7-19(13-16)28-23(30)15-4-1-6-18(12-15)27-22(29)8-3-11-31-21-10-9-17(25)14-20(21)26/h1-2,4-7,9-10,12-14H,3,8,11H2,(H,27,29)(H,28,30). The first-order valence-electron chi connectivity index (χ1n) is 9.45. The van der Waals surface area contributed by atoms with E-state index in [4.69, 9.17) is 39.5 Å². The highest BCUT2D eigenvalue weighted by molar-refractivity contribution is 6.35. The van der Waals surface area contributed by atoms with E-state index in [0.717, 1.165) is 0 Å². The lowest BCUT2D eigenvalue weighted by Crippen LogP contribution is -2.15. The summed E-state index contributed by atoms with van der Waals surface area (Å²) in [6.45, 7) is 0.330. The molecule has 31 heavy (non-hydrogen) atoms. The SMILES string of the molecule is O=C(CCCOc1ccc(Cl)cc1Cl)Nc1cccc(C(=O)Nc2cccc(Cl)c2)c1. The van der Waals surface area contributed by atoms with Crippen molar-refractivity contribution in [1.29, 1.82) is 0 Å². The van der Waals surface area contributed by atoms with Gasteiger partial charge in [0.1, 0.15) is 5.75 Å². The van der Waals surface area contributed by atoms with Crippen molar-refractivity contribution >= 4 is 58.0 Å². The number of benzene rings is 3. The highest BCUT2D eigenvalue weighted by atomic mass is 35.5. The van der Waals surface area contributed by atoms with Crippen LogP contribution in [-0.2, 0) is 4.79 Å². The number of anilines is 2. The maximum atomic E-state index is 12.5. The second-order valence-electron chi connectivity index (χ2n) is 6.62. The van der Waals surface area contributed by atoms with Crippen molar-refractivity contribution < 1.29 is 14.3 Å². The predicted molar refractivity (Wildman–Crippen MR) is 126 cm³/mol. The molecule has 5 nitrogen and oxygen atoms in total. The fraction of sp³-hybridized carbons (Fsp3) is 0.130. The third-order valence-corrected chi connectivity index (χ3v) is 4.96. The van der Waals surface area contributed by atoms with Gasteiger partial charge in [0.25, 0.3) is 5.91 Å². The Balaban J connectivity index is 1.48. The first-order chi connectivity index (χ1) is 14.9. The van der Waals surface area contributed by atoms with Crippen molar-refractivity contribution in [1.82, 2.24) is 0 Å². The summed E-state index contributed by atoms with van der Waals surface area (Å²) in [5, 5.41) is 7.04. The molecule has 8 heteroatoms. The topological polar surface area (TPSA) is 67.4 Å². The third-order valence-electron chi connectivity index (χ3n) is 4.19. The lowest BCUT2D eigenvalue weighted by atomic mass is 10.1. The second-order valence-corrected chi connectivity index (χ2v) is 7.90. The van der Waals surface area contributed by atoms with Crippen molar-refractivity contribution in [2.24, 2.45) is 0 Å². The normalized spacial score (nSPS) is 10.4. The molecule has 3 aromatic rings. The van der Waals surface area contributed by atoms with Crippen LogP contribution in [0.15, 0.2) is 66.7 Å². The van der Waals surface area contributed by atoms with Crippen LogP contribution in [0.3, 0.4) is 0 Å². The minimum atomic E-state index is -0.299. The van der Waals surface area contributed by atoms with Gasteiger partial charge in [-0.15, -0.1) is 0 Å². The van der Waals surface area contributed by atoms with Crippen molar-refractivity contribution in [2.75, 3.05) is 17.2 Å². The summed E-state index contributed by atoms with van der Waals surface area (Å²) >= 11 is 17.8. The summed E-state index contributed by atoms with van der Waals surface area (Å²) in [5.74, 6) is 0.0368. The van der Waals surface area contributed by atoms with E-state index in [2.05, 4.69) is 10.6 Å². The van der Waals surface area contributed by atoms with E-state index in [1.165, 1.54) is 0 Å². The third kappa shape index (κ3) is 7.17. The monoisotopic (exact) mass is 476 g/mol. The summed E-state index contributed by atoms with van der Waals surface area (Å²) in [7, 11) is 0. The van der Waals surface area contributed by atoms with E-state index in [9.17, 15) is 9.59 Å². The number of nitrogens with one attached hydrogen (secondary N) is 2. The molecule has 3 aromatic carbocycles. The van der Waals surface area contributed by atoms with Crippen molar-refractivity contribution in [3.05, 3.63) is 87.4 Å². The van der Waals surface area contributed by atoms with E-state index in [1.807, 2.05) is 0 Å². The number of rotatable bonds is 8. The van der Waals surface area contributed by atoms with Crippen LogP contribution in [0.25, 0.3) is 0 Å². The zero-order valence-corrected chi connectivity index (χ0v) is 18.6. The quantitative estimate of drug-likeness (QED) is 0.355. The van der Waals surface area contributed by atoms with Crippen LogP contribution in [0.1, 0.15) is 23.2 Å². The van der Waals surface area contributed by atoms with E-state index in [1.54, 1.807) is 66.7 Å². The maximum absolute atomic E-state index is 12.5. The van der Waals surface area contributed by atoms with Crippen LogP contribution >= 0.6 is 34.8 Å². The molecule has 0 aliphatic rings. The fourth-order valence-electron chi connectivity index (χ4n) is 2.74.